The third kappa shape index (κ3) is 4.15. The molecule has 1 atom stereocenters. The van der Waals surface area contributed by atoms with E-state index < -0.39 is 6.10 Å². The molecule has 0 fully saturated rings. The molecule has 1 amide bonds. The number of nitrogens with one attached hydrogen (secondary N) is 1. The van der Waals surface area contributed by atoms with Crippen molar-refractivity contribution < 1.29 is 9.53 Å². The van der Waals surface area contributed by atoms with Crippen molar-refractivity contribution in [2.24, 2.45) is 0 Å². The summed E-state index contributed by atoms with van der Waals surface area (Å²) in [6, 6.07) is 14.4. The molecule has 142 valence electrons. The van der Waals surface area contributed by atoms with Gasteiger partial charge in [0.05, 0.1) is 12.2 Å². The number of amides is 1. The van der Waals surface area contributed by atoms with Crippen molar-refractivity contribution in [1.82, 2.24) is 19.2 Å². The molecule has 3 heterocycles. The number of anilines is 1. The van der Waals surface area contributed by atoms with Crippen molar-refractivity contribution in [3.63, 3.8) is 0 Å². The van der Waals surface area contributed by atoms with Gasteiger partial charge in [0.2, 0.25) is 0 Å². The fourth-order valence-corrected chi connectivity index (χ4v) is 2.87. The number of rotatable bonds is 6. The largest absolute Gasteiger partial charge is 0.481 e. The summed E-state index contributed by atoms with van der Waals surface area (Å²) in [6.45, 7) is 2.19. The van der Waals surface area contributed by atoms with Crippen LogP contribution in [0.5, 0.6) is 5.75 Å². The van der Waals surface area contributed by atoms with E-state index in [1.54, 1.807) is 48.1 Å². The molecule has 0 aliphatic heterocycles. The molecule has 0 bridgehead atoms. The number of halogens is 1. The third-order valence-corrected chi connectivity index (χ3v) is 4.38. The first kappa shape index (κ1) is 18.1. The summed E-state index contributed by atoms with van der Waals surface area (Å²) in [5.74, 6) is 0.748. The summed E-state index contributed by atoms with van der Waals surface area (Å²) in [4.78, 5) is 16.9. The van der Waals surface area contributed by atoms with E-state index in [0.717, 1.165) is 11.3 Å². The zero-order valence-electron chi connectivity index (χ0n) is 15.1. The third-order valence-electron chi connectivity index (χ3n) is 4.13. The van der Waals surface area contributed by atoms with Gasteiger partial charge in [0.25, 0.3) is 5.91 Å². The highest BCUT2D eigenvalue weighted by atomic mass is 35.5. The zero-order valence-corrected chi connectivity index (χ0v) is 15.9. The number of imidazole rings is 1. The van der Waals surface area contributed by atoms with Gasteiger partial charge in [-0.1, -0.05) is 17.7 Å². The predicted octanol–water partition coefficient (Wildman–Crippen LogP) is 3.64. The van der Waals surface area contributed by atoms with Crippen LogP contribution in [0.1, 0.15) is 12.6 Å². The molecule has 28 heavy (non-hydrogen) atoms. The molecule has 7 nitrogen and oxygen atoms in total. The van der Waals surface area contributed by atoms with Gasteiger partial charge in [0.1, 0.15) is 11.4 Å². The lowest BCUT2D eigenvalue weighted by Gasteiger charge is -2.13. The zero-order chi connectivity index (χ0) is 19.5. The van der Waals surface area contributed by atoms with Crippen molar-refractivity contribution in [3.8, 4) is 5.75 Å². The summed E-state index contributed by atoms with van der Waals surface area (Å²) in [5, 5.41) is 7.75. The summed E-state index contributed by atoms with van der Waals surface area (Å²) < 4.78 is 9.30. The topological polar surface area (TPSA) is 73.5 Å². The number of ether oxygens (including phenoxy) is 1. The number of fused-ring (bicyclic) bond motifs is 1. The van der Waals surface area contributed by atoms with E-state index in [4.69, 9.17) is 16.3 Å². The van der Waals surface area contributed by atoms with Crippen molar-refractivity contribution in [1.29, 1.82) is 0 Å². The van der Waals surface area contributed by atoms with Crippen LogP contribution in [-0.2, 0) is 11.3 Å². The van der Waals surface area contributed by atoms with Gasteiger partial charge >= 0.3 is 0 Å². The number of benzene rings is 1. The van der Waals surface area contributed by atoms with Crippen molar-refractivity contribution in [2.45, 2.75) is 19.6 Å². The maximum atomic E-state index is 12.3. The average Bonchev–Trinajstić information content (AvgIpc) is 3.29. The fraction of sp³-hybridized carbons (Fsp3) is 0.150. The number of hydrogen-bond acceptors (Lipinski definition) is 4. The fourth-order valence-electron chi connectivity index (χ4n) is 2.74. The number of nitrogens with zero attached hydrogens (tertiary/aromatic N) is 4. The molecule has 8 heteroatoms. The second-order valence-corrected chi connectivity index (χ2v) is 6.74. The molecule has 4 rings (SSSR count). The molecule has 0 spiro atoms. The Morgan fingerprint density at radius 1 is 1.18 bits per heavy atom. The predicted molar refractivity (Wildman–Crippen MR) is 107 cm³/mol. The molecule has 3 aromatic heterocycles. The molecule has 0 saturated carbocycles. The normalized spacial score (nSPS) is 12.1. The van der Waals surface area contributed by atoms with Crippen LogP contribution in [0.4, 0.5) is 5.82 Å². The molecule has 0 unspecified atom stereocenters. The first-order chi connectivity index (χ1) is 13.6. The van der Waals surface area contributed by atoms with Crippen LogP contribution >= 0.6 is 11.6 Å². The van der Waals surface area contributed by atoms with E-state index in [2.05, 4.69) is 15.4 Å². The Bertz CT molecular complexity index is 1070. The van der Waals surface area contributed by atoms with E-state index in [0.29, 0.717) is 23.1 Å². The summed E-state index contributed by atoms with van der Waals surface area (Å²) >= 11 is 5.85. The van der Waals surface area contributed by atoms with Gasteiger partial charge in [-0.2, -0.15) is 5.10 Å². The smallest absolute Gasteiger partial charge is 0.266 e. The van der Waals surface area contributed by atoms with E-state index in [1.165, 1.54) is 0 Å². The monoisotopic (exact) mass is 395 g/mol. The summed E-state index contributed by atoms with van der Waals surface area (Å²) in [7, 11) is 0. The van der Waals surface area contributed by atoms with Crippen LogP contribution in [-0.4, -0.2) is 31.2 Å². The lowest BCUT2D eigenvalue weighted by molar-refractivity contribution is -0.122. The Morgan fingerprint density at radius 2 is 2.00 bits per heavy atom. The SMILES string of the molecule is C[C@H](Oc1ccc(Cl)cc1)C(=O)Nc1ccn(Cc2cn3ccccc3n2)n1. The Kier molecular flexibility index (Phi) is 4.99. The van der Waals surface area contributed by atoms with Gasteiger partial charge in [0.15, 0.2) is 11.9 Å². The molecule has 4 aromatic rings. The molecule has 0 aliphatic carbocycles. The van der Waals surface area contributed by atoms with Gasteiger partial charge < -0.3 is 14.5 Å². The maximum Gasteiger partial charge on any atom is 0.266 e. The molecular weight excluding hydrogens is 378 g/mol. The first-order valence-corrected chi connectivity index (χ1v) is 9.14. The van der Waals surface area contributed by atoms with Crippen LogP contribution < -0.4 is 10.1 Å². The minimum Gasteiger partial charge on any atom is -0.481 e. The first-order valence-electron chi connectivity index (χ1n) is 8.76. The Hall–Kier alpha value is -3.32. The molecule has 1 N–H and O–H groups in total. The minimum absolute atomic E-state index is 0.284. The standard InChI is InChI=1S/C20H18ClN5O2/c1-14(28-17-7-5-15(21)6-8-17)20(27)23-18-9-11-26(24-18)13-16-12-25-10-3-2-4-19(25)22-16/h2-12,14H,13H2,1H3,(H,23,24,27)/t14-/m0/s1. The molecule has 1 aromatic carbocycles. The average molecular weight is 396 g/mol. The Balaban J connectivity index is 1.37. The molecule has 0 saturated heterocycles. The maximum absolute atomic E-state index is 12.3. The van der Waals surface area contributed by atoms with E-state index in [1.807, 2.05) is 35.0 Å². The minimum atomic E-state index is -0.676. The van der Waals surface area contributed by atoms with Crippen molar-refractivity contribution in [2.75, 3.05) is 5.32 Å². The highest BCUT2D eigenvalue weighted by Gasteiger charge is 2.16. The van der Waals surface area contributed by atoms with Gasteiger partial charge in [-0.15, -0.1) is 0 Å². The molecule has 0 aliphatic rings. The van der Waals surface area contributed by atoms with Crippen molar-refractivity contribution in [3.05, 3.63) is 77.8 Å². The number of carbonyl (C=O) groups excluding carboxylic acids is 1. The molecule has 0 radical (unpaired) electrons. The highest BCUT2D eigenvalue weighted by Crippen LogP contribution is 2.17. The van der Waals surface area contributed by atoms with E-state index in [9.17, 15) is 4.79 Å². The van der Waals surface area contributed by atoms with Gasteiger partial charge in [0, 0.05) is 29.7 Å². The second kappa shape index (κ2) is 7.74. The Morgan fingerprint density at radius 3 is 2.79 bits per heavy atom. The second-order valence-electron chi connectivity index (χ2n) is 6.30. The van der Waals surface area contributed by atoms with Crippen LogP contribution in [0, 0.1) is 0 Å². The van der Waals surface area contributed by atoms with Crippen molar-refractivity contribution >= 4 is 29.0 Å². The quantitative estimate of drug-likeness (QED) is 0.541. The van der Waals surface area contributed by atoms with Crippen LogP contribution in [0.25, 0.3) is 5.65 Å². The van der Waals surface area contributed by atoms with Gasteiger partial charge in [-0.25, -0.2) is 4.98 Å². The van der Waals surface area contributed by atoms with Crippen LogP contribution in [0.3, 0.4) is 0 Å². The van der Waals surface area contributed by atoms with Gasteiger partial charge in [-0.3, -0.25) is 9.48 Å². The lowest BCUT2D eigenvalue weighted by Crippen LogP contribution is -2.30. The number of carbonyl (C=O) groups is 1. The van der Waals surface area contributed by atoms with Crippen LogP contribution in [0.15, 0.2) is 67.1 Å². The highest BCUT2D eigenvalue weighted by molar-refractivity contribution is 6.30. The number of aromatic nitrogens is 4. The number of hydrogen-bond donors (Lipinski definition) is 1. The summed E-state index contributed by atoms with van der Waals surface area (Å²) in [6.07, 6.45) is 5.02. The van der Waals surface area contributed by atoms with E-state index in [-0.39, 0.29) is 5.91 Å². The lowest BCUT2D eigenvalue weighted by atomic mass is 10.3. The Labute approximate surface area is 166 Å². The molecular formula is C20H18ClN5O2. The summed E-state index contributed by atoms with van der Waals surface area (Å²) in [5.41, 5.74) is 1.76. The van der Waals surface area contributed by atoms with E-state index >= 15 is 0 Å². The number of pyridine rings is 1. The van der Waals surface area contributed by atoms with Crippen LogP contribution in [0.2, 0.25) is 5.02 Å². The van der Waals surface area contributed by atoms with Gasteiger partial charge in [-0.05, 0) is 43.3 Å².